The molecule has 0 aromatic carbocycles. The Morgan fingerprint density at radius 2 is 1.15 bits per heavy atom. The van der Waals surface area contributed by atoms with E-state index in [1.165, 1.54) is 0 Å². The van der Waals surface area contributed by atoms with Crippen molar-refractivity contribution in [3.8, 4) is 0 Å². The number of hydrogen-bond donors (Lipinski definition) is 2. The van der Waals surface area contributed by atoms with Gasteiger partial charge in [0.25, 0.3) is 0 Å². The molecule has 4 N–H and O–H groups in total. The van der Waals surface area contributed by atoms with Crippen LogP contribution >= 0.6 is 0 Å². The second kappa shape index (κ2) is 6.38. The van der Waals surface area contributed by atoms with Crippen molar-refractivity contribution in [3.63, 3.8) is 0 Å². The van der Waals surface area contributed by atoms with Crippen LogP contribution in [0.15, 0.2) is 0 Å². The summed E-state index contributed by atoms with van der Waals surface area (Å²) in [5, 5.41) is 8.89. The van der Waals surface area contributed by atoms with Gasteiger partial charge in [-0.25, -0.2) is 0 Å². The first kappa shape index (κ1) is 18.6. The van der Waals surface area contributed by atoms with E-state index < -0.39 is 5.97 Å². The number of carboxylic acid groups (broad SMARTS) is 1. The standard InChI is InChI=1S/C6H16N2.C2H4O2.Cu/c1-5(2,7)6(3,4)8;1-2(3)4;/h7-8H2,1-4H3;1H3,(H,3,4);/q;;+1/p-1. The number of aliphatic carboxylic acids is 1. The summed E-state index contributed by atoms with van der Waals surface area (Å²) in [6.07, 6.45) is 0. The van der Waals surface area contributed by atoms with Gasteiger partial charge in [-0.05, 0) is 34.6 Å². The van der Waals surface area contributed by atoms with Crippen molar-refractivity contribution in [2.45, 2.75) is 45.7 Å². The van der Waals surface area contributed by atoms with Gasteiger partial charge in [0.05, 0.1) is 0 Å². The van der Waals surface area contributed by atoms with E-state index >= 15 is 0 Å². The van der Waals surface area contributed by atoms with Crippen molar-refractivity contribution in [3.05, 3.63) is 0 Å². The van der Waals surface area contributed by atoms with Crippen molar-refractivity contribution < 1.29 is 27.0 Å². The summed E-state index contributed by atoms with van der Waals surface area (Å²) in [5.41, 5.74) is 10.8. The fraction of sp³-hybridized carbons (Fsp3) is 0.875. The smallest absolute Gasteiger partial charge is 0.550 e. The van der Waals surface area contributed by atoms with E-state index in [0.717, 1.165) is 6.92 Å². The maximum atomic E-state index is 8.89. The summed E-state index contributed by atoms with van der Waals surface area (Å²) in [5.74, 6) is -1.08. The van der Waals surface area contributed by atoms with Crippen LogP contribution in [0.1, 0.15) is 34.6 Å². The van der Waals surface area contributed by atoms with Gasteiger partial charge in [-0.2, -0.15) is 0 Å². The van der Waals surface area contributed by atoms with Gasteiger partial charge in [0, 0.05) is 17.0 Å². The van der Waals surface area contributed by atoms with Crippen molar-refractivity contribution in [1.82, 2.24) is 0 Å². The molecule has 0 saturated carbocycles. The molecule has 13 heavy (non-hydrogen) atoms. The number of rotatable bonds is 1. The predicted molar refractivity (Wildman–Crippen MR) is 47.2 cm³/mol. The Bertz CT molecular complexity index is 131. The molecule has 0 heterocycles. The summed E-state index contributed by atoms with van der Waals surface area (Å²) in [6, 6.07) is 0. The van der Waals surface area contributed by atoms with Gasteiger partial charge < -0.3 is 21.4 Å². The monoisotopic (exact) mass is 238 g/mol. The third-order valence-corrected chi connectivity index (χ3v) is 1.66. The molecule has 0 amide bonds. The average molecular weight is 239 g/mol. The average Bonchev–Trinajstić information content (AvgIpc) is 1.55. The zero-order valence-corrected chi connectivity index (χ0v) is 9.71. The fourth-order valence-electron chi connectivity index (χ4n) is 0. The topological polar surface area (TPSA) is 92.2 Å². The molecule has 4 nitrogen and oxygen atoms in total. The van der Waals surface area contributed by atoms with Crippen molar-refractivity contribution in [2.75, 3.05) is 0 Å². The maximum absolute atomic E-state index is 8.89. The van der Waals surface area contributed by atoms with Gasteiger partial charge in [0.1, 0.15) is 0 Å². The number of carbonyl (C=O) groups excluding carboxylic acids is 1. The first-order valence-electron chi connectivity index (χ1n) is 3.74. The van der Waals surface area contributed by atoms with Gasteiger partial charge in [0.2, 0.25) is 0 Å². The molecule has 84 valence electrons. The van der Waals surface area contributed by atoms with E-state index in [0.29, 0.717) is 0 Å². The quantitative estimate of drug-likeness (QED) is 0.586. The maximum Gasteiger partial charge on any atom is 1.00 e. The number of nitrogens with two attached hydrogens (primary N) is 2. The van der Waals surface area contributed by atoms with Gasteiger partial charge in [-0.1, -0.05) is 0 Å². The Balaban J connectivity index is -0.000000173. The molecule has 0 aliphatic heterocycles. The van der Waals surface area contributed by atoms with E-state index in [1.807, 2.05) is 27.7 Å². The second-order valence-corrected chi connectivity index (χ2v) is 3.93. The zero-order chi connectivity index (χ0) is 10.6. The van der Waals surface area contributed by atoms with Crippen LogP contribution in [0.3, 0.4) is 0 Å². The van der Waals surface area contributed by atoms with Gasteiger partial charge in [0.15, 0.2) is 0 Å². The Morgan fingerprint density at radius 3 is 1.15 bits per heavy atom. The Hall–Kier alpha value is -0.0905. The molecular formula is C8H19CuN2O2. The Kier molecular flexibility index (Phi) is 9.15. The number of carbonyl (C=O) groups is 1. The summed E-state index contributed by atoms with van der Waals surface area (Å²) in [7, 11) is 0. The van der Waals surface area contributed by atoms with Gasteiger partial charge in [-0.3, -0.25) is 0 Å². The first-order valence-corrected chi connectivity index (χ1v) is 3.74. The molecule has 0 aromatic rings. The van der Waals surface area contributed by atoms with Crippen molar-refractivity contribution >= 4 is 5.97 Å². The second-order valence-electron chi connectivity index (χ2n) is 3.93. The van der Waals surface area contributed by atoms with Crippen LogP contribution in [0.4, 0.5) is 0 Å². The molecule has 0 fully saturated rings. The van der Waals surface area contributed by atoms with E-state index in [-0.39, 0.29) is 28.1 Å². The molecule has 0 aromatic heterocycles. The molecule has 0 bridgehead atoms. The van der Waals surface area contributed by atoms with E-state index in [2.05, 4.69) is 0 Å². The van der Waals surface area contributed by atoms with Crippen LogP contribution in [-0.4, -0.2) is 17.0 Å². The molecule has 0 saturated heterocycles. The van der Waals surface area contributed by atoms with E-state index in [1.54, 1.807) is 0 Å². The minimum atomic E-state index is -1.08. The van der Waals surface area contributed by atoms with Crippen LogP contribution < -0.4 is 16.6 Å². The predicted octanol–water partition coefficient (Wildman–Crippen LogP) is -0.785. The molecule has 0 aliphatic carbocycles. The molecule has 0 aliphatic rings. The molecule has 0 atom stereocenters. The van der Waals surface area contributed by atoms with E-state index in [9.17, 15) is 0 Å². The third-order valence-electron chi connectivity index (χ3n) is 1.66. The Labute approximate surface area is 90.5 Å². The molecule has 0 unspecified atom stereocenters. The largest absolute Gasteiger partial charge is 1.00 e. The SMILES string of the molecule is CC(=O)[O-].CC(C)(N)C(C)(C)N.[Cu+]. The molecule has 0 rings (SSSR count). The van der Waals surface area contributed by atoms with Gasteiger partial charge >= 0.3 is 17.1 Å². The third kappa shape index (κ3) is 14.7. The minimum absolute atomic E-state index is 0. The van der Waals surface area contributed by atoms with Crippen LogP contribution in [0.25, 0.3) is 0 Å². The van der Waals surface area contributed by atoms with Crippen LogP contribution in [-0.2, 0) is 21.9 Å². The number of carboxylic acids is 1. The Morgan fingerprint density at radius 1 is 1.08 bits per heavy atom. The molecule has 0 spiro atoms. The first-order chi connectivity index (χ1) is 4.98. The summed E-state index contributed by atoms with van der Waals surface area (Å²) < 4.78 is 0. The molecular weight excluding hydrogens is 220 g/mol. The minimum Gasteiger partial charge on any atom is -0.550 e. The van der Waals surface area contributed by atoms with Crippen molar-refractivity contribution in [1.29, 1.82) is 0 Å². The van der Waals surface area contributed by atoms with Crippen LogP contribution in [0.5, 0.6) is 0 Å². The fourth-order valence-corrected chi connectivity index (χ4v) is 0. The normalized spacial score (nSPS) is 10.7. The summed E-state index contributed by atoms with van der Waals surface area (Å²) in [4.78, 5) is 8.89. The van der Waals surface area contributed by atoms with Crippen LogP contribution in [0, 0.1) is 0 Å². The van der Waals surface area contributed by atoms with Gasteiger partial charge in [-0.15, -0.1) is 0 Å². The summed E-state index contributed by atoms with van der Waals surface area (Å²) >= 11 is 0. The number of hydrogen-bond acceptors (Lipinski definition) is 4. The molecule has 0 radical (unpaired) electrons. The molecule has 5 heteroatoms. The van der Waals surface area contributed by atoms with Crippen molar-refractivity contribution in [2.24, 2.45) is 11.5 Å². The summed E-state index contributed by atoms with van der Waals surface area (Å²) in [6.45, 7) is 8.67. The van der Waals surface area contributed by atoms with Crippen LogP contribution in [0.2, 0.25) is 0 Å². The van der Waals surface area contributed by atoms with E-state index in [4.69, 9.17) is 21.4 Å². The zero-order valence-electron chi connectivity index (χ0n) is 8.77.